The van der Waals surface area contributed by atoms with E-state index >= 15 is 0 Å². The molecule has 0 atom stereocenters. The molecule has 0 aliphatic rings. The third-order valence-corrected chi connectivity index (χ3v) is 1.65. The molecule has 1 rings (SSSR count). The maximum Gasteiger partial charge on any atom is 0.153 e. The van der Waals surface area contributed by atoms with Gasteiger partial charge in [0.1, 0.15) is 13.6 Å². The molecule has 0 amide bonds. The van der Waals surface area contributed by atoms with E-state index in [9.17, 15) is 4.79 Å². The second-order valence-electron chi connectivity index (χ2n) is 3.33. The summed E-state index contributed by atoms with van der Waals surface area (Å²) >= 11 is 0. The van der Waals surface area contributed by atoms with Crippen molar-refractivity contribution < 1.29 is 9.53 Å². The number of aldehydes is 1. The number of carbonyl (C=O) groups is 1. The number of benzene rings is 1. The predicted molar refractivity (Wildman–Crippen MR) is 55.8 cm³/mol. The van der Waals surface area contributed by atoms with Gasteiger partial charge in [-0.15, -0.1) is 0 Å². The van der Waals surface area contributed by atoms with Crippen LogP contribution in [0, 0.1) is 0 Å². The Kier molecular flexibility index (Phi) is 3.12. The van der Waals surface area contributed by atoms with Gasteiger partial charge in [0.2, 0.25) is 0 Å². The second kappa shape index (κ2) is 4.12. The molecule has 0 bridgehead atoms. The minimum atomic E-state index is 0.0985. The Bertz CT molecular complexity index is 308. The van der Waals surface area contributed by atoms with Gasteiger partial charge in [-0.05, 0) is 19.9 Å². The number of hydrogen-bond donors (Lipinski definition) is 0. The molecule has 0 aliphatic carbocycles. The summed E-state index contributed by atoms with van der Waals surface area (Å²) in [7, 11) is 1.95. The monoisotopic (exact) mass is 176 g/mol. The van der Waals surface area contributed by atoms with Crippen LogP contribution in [0.5, 0.6) is 5.75 Å². The molecule has 0 unspecified atom stereocenters. The Hall–Kier alpha value is -1.25. The van der Waals surface area contributed by atoms with Crippen LogP contribution in [0.4, 0.5) is 0 Å². The summed E-state index contributed by atoms with van der Waals surface area (Å²) in [6.45, 7) is 3.88. The molecule has 68 valence electrons. The molecule has 13 heavy (non-hydrogen) atoms. The Labute approximate surface area is 79.3 Å². The van der Waals surface area contributed by atoms with E-state index < -0.39 is 0 Å². The summed E-state index contributed by atoms with van der Waals surface area (Å²) in [5.41, 5.74) is 1.69. The normalized spacial score (nSPS) is 10.1. The van der Waals surface area contributed by atoms with Crippen LogP contribution in [-0.2, 0) is 0 Å². The third kappa shape index (κ3) is 2.62. The second-order valence-corrected chi connectivity index (χ2v) is 3.33. The van der Waals surface area contributed by atoms with E-state index in [2.05, 4.69) is 0 Å². The molecule has 0 aliphatic heterocycles. The zero-order valence-corrected chi connectivity index (χ0v) is 8.20. The van der Waals surface area contributed by atoms with E-state index in [-0.39, 0.29) is 6.10 Å². The van der Waals surface area contributed by atoms with Crippen molar-refractivity contribution >= 4 is 19.6 Å². The van der Waals surface area contributed by atoms with Gasteiger partial charge in [-0.2, -0.15) is 0 Å². The van der Waals surface area contributed by atoms with E-state index in [0.29, 0.717) is 11.3 Å². The Morgan fingerprint density at radius 3 is 2.69 bits per heavy atom. The maximum absolute atomic E-state index is 10.7. The molecule has 0 saturated carbocycles. The first-order valence-corrected chi connectivity index (χ1v) is 4.36. The van der Waals surface area contributed by atoms with E-state index in [1.165, 1.54) is 0 Å². The standard InChI is InChI=1S/C10H13BO2/c1-7(2)13-10-4-3-9(11)5-8(10)6-12/h3-7H,11H2,1-2H3. The molecular weight excluding hydrogens is 163 g/mol. The van der Waals surface area contributed by atoms with Gasteiger partial charge >= 0.3 is 0 Å². The number of rotatable bonds is 3. The minimum absolute atomic E-state index is 0.0985. The number of carbonyl (C=O) groups excluding carboxylic acids is 1. The molecule has 0 spiro atoms. The lowest BCUT2D eigenvalue weighted by Crippen LogP contribution is -2.10. The largest absolute Gasteiger partial charge is 0.490 e. The highest BCUT2D eigenvalue weighted by atomic mass is 16.5. The predicted octanol–water partition coefficient (Wildman–Crippen LogP) is 0.545. The lowest BCUT2D eigenvalue weighted by atomic mass is 9.94. The van der Waals surface area contributed by atoms with Gasteiger partial charge in [0.25, 0.3) is 0 Å². The van der Waals surface area contributed by atoms with Crippen molar-refractivity contribution in [1.29, 1.82) is 0 Å². The fourth-order valence-corrected chi connectivity index (χ4v) is 1.12. The number of hydrogen-bond acceptors (Lipinski definition) is 2. The Balaban J connectivity index is 2.99. The molecule has 1 aromatic rings. The quantitative estimate of drug-likeness (QED) is 0.496. The highest BCUT2D eigenvalue weighted by Gasteiger charge is 2.04. The minimum Gasteiger partial charge on any atom is -0.490 e. The Morgan fingerprint density at radius 1 is 1.46 bits per heavy atom. The first-order chi connectivity index (χ1) is 6.13. The summed E-state index contributed by atoms with van der Waals surface area (Å²) in [4.78, 5) is 10.7. The first-order valence-electron chi connectivity index (χ1n) is 4.36. The lowest BCUT2D eigenvalue weighted by molar-refractivity contribution is 0.111. The topological polar surface area (TPSA) is 26.3 Å². The fourth-order valence-electron chi connectivity index (χ4n) is 1.12. The summed E-state index contributed by atoms with van der Waals surface area (Å²) in [5, 5.41) is 0. The average molecular weight is 176 g/mol. The van der Waals surface area contributed by atoms with Gasteiger partial charge in [-0.1, -0.05) is 17.6 Å². The van der Waals surface area contributed by atoms with E-state index in [1.807, 2.05) is 39.9 Å². The van der Waals surface area contributed by atoms with Gasteiger partial charge in [0.15, 0.2) is 6.29 Å². The smallest absolute Gasteiger partial charge is 0.153 e. The average Bonchev–Trinajstić information content (AvgIpc) is 2.07. The summed E-state index contributed by atoms with van der Waals surface area (Å²) in [5.74, 6) is 0.663. The fraction of sp³-hybridized carbons (Fsp3) is 0.300. The molecule has 3 heteroatoms. The lowest BCUT2D eigenvalue weighted by Gasteiger charge is -2.11. The van der Waals surface area contributed by atoms with Crippen LogP contribution in [0.1, 0.15) is 24.2 Å². The van der Waals surface area contributed by atoms with Crippen molar-refractivity contribution in [3.05, 3.63) is 23.8 Å². The van der Waals surface area contributed by atoms with Gasteiger partial charge in [-0.25, -0.2) is 0 Å². The van der Waals surface area contributed by atoms with Crippen LogP contribution in [0.3, 0.4) is 0 Å². The molecule has 1 aromatic carbocycles. The van der Waals surface area contributed by atoms with E-state index in [0.717, 1.165) is 11.7 Å². The summed E-state index contributed by atoms with van der Waals surface area (Å²) in [6.07, 6.45) is 0.923. The molecule has 0 fully saturated rings. The van der Waals surface area contributed by atoms with Crippen LogP contribution in [0.2, 0.25) is 0 Å². The van der Waals surface area contributed by atoms with Crippen molar-refractivity contribution in [2.45, 2.75) is 20.0 Å². The van der Waals surface area contributed by atoms with Gasteiger partial charge in [0.05, 0.1) is 11.7 Å². The highest BCUT2D eigenvalue weighted by Crippen LogP contribution is 2.15. The zero-order valence-electron chi connectivity index (χ0n) is 8.20. The van der Waals surface area contributed by atoms with Gasteiger partial charge < -0.3 is 4.74 Å². The van der Waals surface area contributed by atoms with Crippen molar-refractivity contribution in [3.8, 4) is 5.75 Å². The van der Waals surface area contributed by atoms with Crippen molar-refractivity contribution in [3.63, 3.8) is 0 Å². The van der Waals surface area contributed by atoms with Gasteiger partial charge in [0, 0.05) is 0 Å². The van der Waals surface area contributed by atoms with Gasteiger partial charge in [-0.3, -0.25) is 4.79 Å². The maximum atomic E-state index is 10.7. The zero-order chi connectivity index (χ0) is 9.84. The van der Waals surface area contributed by atoms with Crippen LogP contribution >= 0.6 is 0 Å². The SMILES string of the molecule is Bc1ccc(OC(C)C)c(C=O)c1. The number of ether oxygens (including phenoxy) is 1. The molecule has 2 nitrogen and oxygen atoms in total. The summed E-state index contributed by atoms with van der Waals surface area (Å²) < 4.78 is 5.46. The van der Waals surface area contributed by atoms with Crippen molar-refractivity contribution in [2.75, 3.05) is 0 Å². The third-order valence-electron chi connectivity index (χ3n) is 1.65. The van der Waals surface area contributed by atoms with E-state index in [4.69, 9.17) is 4.74 Å². The van der Waals surface area contributed by atoms with E-state index in [1.54, 1.807) is 0 Å². The molecule has 0 N–H and O–H groups in total. The van der Waals surface area contributed by atoms with Crippen molar-refractivity contribution in [2.24, 2.45) is 0 Å². The van der Waals surface area contributed by atoms with Crippen molar-refractivity contribution in [1.82, 2.24) is 0 Å². The molecule has 0 saturated heterocycles. The van der Waals surface area contributed by atoms with Crippen LogP contribution < -0.4 is 10.2 Å². The molecule has 0 radical (unpaired) electrons. The first kappa shape index (κ1) is 9.84. The summed E-state index contributed by atoms with van der Waals surface area (Å²) in [6, 6.07) is 5.59. The van der Waals surface area contributed by atoms with Crippen LogP contribution in [-0.4, -0.2) is 20.2 Å². The van der Waals surface area contributed by atoms with Crippen LogP contribution in [0.25, 0.3) is 0 Å². The highest BCUT2D eigenvalue weighted by molar-refractivity contribution is 6.32. The molecule has 0 aromatic heterocycles. The molecular formula is C10H13BO2. The van der Waals surface area contributed by atoms with Crippen LogP contribution in [0.15, 0.2) is 18.2 Å². The Morgan fingerprint density at radius 2 is 2.15 bits per heavy atom. The molecule has 0 heterocycles.